The van der Waals surface area contributed by atoms with E-state index in [1.165, 1.54) is 28.3 Å². The number of hydrogen-bond acceptors (Lipinski definition) is 8. The number of nitrogens with one attached hydrogen (secondary N) is 2. The van der Waals surface area contributed by atoms with Gasteiger partial charge in [0.25, 0.3) is 0 Å². The minimum Gasteiger partial charge on any atom is -0.467 e. The molecule has 0 aliphatic carbocycles. The van der Waals surface area contributed by atoms with Crippen molar-refractivity contribution >= 4 is 30.6 Å². The first-order valence-corrected chi connectivity index (χ1v) is 11.0. The Morgan fingerprint density at radius 2 is 1.54 bits per heavy atom. The number of amides is 2. The number of rotatable bonds is 12. The average Bonchev–Trinajstić information content (AvgIpc) is 2.87. The van der Waals surface area contributed by atoms with E-state index in [4.69, 9.17) is 18.8 Å². The van der Waals surface area contributed by atoms with E-state index in [-0.39, 0.29) is 13.0 Å². The Morgan fingerprint density at radius 1 is 0.914 bits per heavy atom. The highest BCUT2D eigenvalue weighted by Crippen LogP contribution is 2.07. The molecule has 2 amide bonds. The van der Waals surface area contributed by atoms with Gasteiger partial charge in [0.15, 0.2) is 0 Å². The van der Waals surface area contributed by atoms with Crippen LogP contribution in [0.3, 0.4) is 0 Å². The summed E-state index contributed by atoms with van der Waals surface area (Å²) in [5, 5.41) is 15.0. The Bertz CT molecular complexity index is 952. The Hall–Kier alpha value is -3.41. The molecule has 0 spiro atoms. The first-order valence-electron chi connectivity index (χ1n) is 11.0. The van der Waals surface area contributed by atoms with Gasteiger partial charge in [-0.15, -0.1) is 0 Å². The van der Waals surface area contributed by atoms with Crippen molar-refractivity contribution in [3.8, 4) is 0 Å². The average molecular weight is 486 g/mol. The third-order valence-corrected chi connectivity index (χ3v) is 5.17. The van der Waals surface area contributed by atoms with E-state index < -0.39 is 43.3 Å². The van der Waals surface area contributed by atoms with Crippen LogP contribution in [0.25, 0.3) is 0 Å². The summed E-state index contributed by atoms with van der Waals surface area (Å²) in [6.45, 7) is 1.34. The summed E-state index contributed by atoms with van der Waals surface area (Å²) in [5.74, 6) is -1.44. The normalized spacial score (nSPS) is 13.2. The van der Waals surface area contributed by atoms with Crippen LogP contribution in [0, 0.1) is 0 Å². The number of hydrogen-bond donors (Lipinski definition) is 3. The van der Waals surface area contributed by atoms with Gasteiger partial charge in [0.05, 0.1) is 13.2 Å². The third-order valence-electron chi connectivity index (χ3n) is 5.17. The van der Waals surface area contributed by atoms with E-state index in [1.807, 2.05) is 6.07 Å². The van der Waals surface area contributed by atoms with Gasteiger partial charge in [0, 0.05) is 20.6 Å². The molecule has 10 nitrogen and oxygen atoms in total. The Labute approximate surface area is 205 Å². The summed E-state index contributed by atoms with van der Waals surface area (Å²) in [4.78, 5) is 37.4. The van der Waals surface area contributed by atoms with Crippen LogP contribution in [0.5, 0.6) is 0 Å². The van der Waals surface area contributed by atoms with Crippen molar-refractivity contribution in [2.45, 2.75) is 38.1 Å². The molecule has 0 bridgehead atoms. The lowest BCUT2D eigenvalue weighted by molar-refractivity contribution is -0.145. The fourth-order valence-electron chi connectivity index (χ4n) is 3.31. The third kappa shape index (κ3) is 8.71. The van der Waals surface area contributed by atoms with Crippen LogP contribution in [-0.2, 0) is 41.4 Å². The van der Waals surface area contributed by atoms with Crippen molar-refractivity contribution in [1.82, 2.24) is 10.6 Å². The minimum absolute atomic E-state index is 0.00535. The fourth-order valence-corrected chi connectivity index (χ4v) is 3.31. The van der Waals surface area contributed by atoms with Gasteiger partial charge in [-0.2, -0.15) is 0 Å². The first-order chi connectivity index (χ1) is 16.8. The summed E-state index contributed by atoms with van der Waals surface area (Å²) < 4.78 is 20.4. The summed E-state index contributed by atoms with van der Waals surface area (Å²) in [6.07, 6.45) is -2.02. The number of carbonyl (C=O) groups excluding carboxylic acids is 3. The predicted molar refractivity (Wildman–Crippen MR) is 129 cm³/mol. The second-order valence-corrected chi connectivity index (χ2v) is 7.76. The second-order valence-electron chi connectivity index (χ2n) is 7.76. The molecule has 0 saturated heterocycles. The molecule has 188 valence electrons. The van der Waals surface area contributed by atoms with Crippen molar-refractivity contribution in [3.63, 3.8) is 0 Å². The van der Waals surface area contributed by atoms with Crippen molar-refractivity contribution in [2.24, 2.45) is 0 Å². The van der Waals surface area contributed by atoms with Gasteiger partial charge in [-0.25, -0.2) is 9.59 Å². The summed E-state index contributed by atoms with van der Waals surface area (Å²) >= 11 is 0. The van der Waals surface area contributed by atoms with Crippen molar-refractivity contribution in [2.75, 3.05) is 21.3 Å². The molecule has 0 saturated carbocycles. The van der Waals surface area contributed by atoms with Crippen LogP contribution >= 0.6 is 0 Å². The van der Waals surface area contributed by atoms with Crippen LogP contribution in [0.4, 0.5) is 4.79 Å². The molecule has 0 aromatic heterocycles. The van der Waals surface area contributed by atoms with E-state index in [0.29, 0.717) is 0 Å². The SMILES string of the molecule is COB(OC)c1ccc(C[C@@H](NC(=O)[C@@H](NC(=O)OCc2ccccc2)[C@@H](C)O)C(=O)OC)cc1. The summed E-state index contributed by atoms with van der Waals surface area (Å²) in [6, 6.07) is 13.7. The zero-order valence-corrected chi connectivity index (χ0v) is 20.2. The maximum absolute atomic E-state index is 12.9. The van der Waals surface area contributed by atoms with Crippen molar-refractivity contribution < 1.29 is 38.3 Å². The summed E-state index contributed by atoms with van der Waals surface area (Å²) in [5.41, 5.74) is 2.28. The molecule has 11 heteroatoms. The zero-order valence-electron chi connectivity index (χ0n) is 20.2. The van der Waals surface area contributed by atoms with Crippen LogP contribution in [0.1, 0.15) is 18.1 Å². The Kier molecular flexibility index (Phi) is 11.2. The Morgan fingerprint density at radius 3 is 2.09 bits per heavy atom. The fraction of sp³-hybridized carbons (Fsp3) is 0.375. The van der Waals surface area contributed by atoms with E-state index in [0.717, 1.165) is 16.6 Å². The van der Waals surface area contributed by atoms with Gasteiger partial charge >= 0.3 is 19.2 Å². The number of carbonyl (C=O) groups is 3. The van der Waals surface area contributed by atoms with Gasteiger partial charge in [-0.1, -0.05) is 54.6 Å². The lowest BCUT2D eigenvalue weighted by atomic mass is 9.78. The number of aliphatic hydroxyl groups is 1. The molecule has 0 aliphatic heterocycles. The van der Waals surface area contributed by atoms with Crippen molar-refractivity contribution in [1.29, 1.82) is 0 Å². The van der Waals surface area contributed by atoms with Gasteiger partial charge in [-0.3, -0.25) is 4.79 Å². The molecule has 3 atom stereocenters. The number of alkyl carbamates (subject to hydrolysis) is 1. The molecule has 2 aromatic carbocycles. The van der Waals surface area contributed by atoms with Crippen LogP contribution in [0.2, 0.25) is 0 Å². The predicted octanol–water partition coefficient (Wildman–Crippen LogP) is 0.551. The molecular formula is C24H31BN2O8. The lowest BCUT2D eigenvalue weighted by Crippen LogP contribution is -2.56. The lowest BCUT2D eigenvalue weighted by Gasteiger charge is -2.24. The largest absolute Gasteiger partial charge is 0.493 e. The van der Waals surface area contributed by atoms with Crippen molar-refractivity contribution in [3.05, 3.63) is 65.7 Å². The molecule has 3 N–H and O–H groups in total. The molecule has 0 heterocycles. The zero-order chi connectivity index (χ0) is 25.8. The highest BCUT2D eigenvalue weighted by Gasteiger charge is 2.31. The second kappa shape index (κ2) is 14.1. The van der Waals surface area contributed by atoms with Gasteiger partial charge < -0.3 is 34.5 Å². The number of benzene rings is 2. The first kappa shape index (κ1) is 27.8. The maximum Gasteiger partial charge on any atom is 0.493 e. The van der Waals surface area contributed by atoms with E-state index in [9.17, 15) is 19.5 Å². The Balaban J connectivity index is 2.03. The molecule has 0 radical (unpaired) electrons. The van der Waals surface area contributed by atoms with E-state index in [1.54, 1.807) is 48.5 Å². The molecule has 0 unspecified atom stereocenters. The van der Waals surface area contributed by atoms with Gasteiger partial charge in [0.1, 0.15) is 18.7 Å². The number of ether oxygens (including phenoxy) is 2. The molecular weight excluding hydrogens is 455 g/mol. The highest BCUT2D eigenvalue weighted by atomic mass is 16.6. The maximum atomic E-state index is 12.9. The standard InChI is InChI=1S/C24H31BN2O8/c1-16(28)21(27-24(31)35-15-18-8-6-5-7-9-18)22(29)26-20(23(30)32-2)14-17-10-12-19(13-11-17)25(33-3)34-4/h5-13,16,20-21,28H,14-15H2,1-4H3,(H,26,29)(H,27,31)/t16-,20-,21+/m1/s1. The molecule has 0 fully saturated rings. The topological polar surface area (TPSA) is 132 Å². The molecule has 0 aliphatic rings. The molecule has 35 heavy (non-hydrogen) atoms. The quantitative estimate of drug-likeness (QED) is 0.293. The smallest absolute Gasteiger partial charge is 0.467 e. The molecule has 2 aromatic rings. The van der Waals surface area contributed by atoms with Gasteiger partial charge in [-0.05, 0) is 23.5 Å². The highest BCUT2D eigenvalue weighted by molar-refractivity contribution is 6.61. The number of esters is 1. The molecule has 2 rings (SSSR count). The van der Waals surface area contributed by atoms with Crippen LogP contribution in [0.15, 0.2) is 54.6 Å². The minimum atomic E-state index is -1.35. The van der Waals surface area contributed by atoms with E-state index in [2.05, 4.69) is 10.6 Å². The monoisotopic (exact) mass is 486 g/mol. The number of aliphatic hydroxyl groups excluding tert-OH is 1. The van der Waals surface area contributed by atoms with Crippen LogP contribution in [-0.4, -0.2) is 69.7 Å². The van der Waals surface area contributed by atoms with Gasteiger partial charge in [0.2, 0.25) is 5.91 Å². The number of methoxy groups -OCH3 is 1. The van der Waals surface area contributed by atoms with Crippen LogP contribution < -0.4 is 16.1 Å². The summed E-state index contributed by atoms with van der Waals surface area (Å²) in [7, 11) is 3.72. The van der Waals surface area contributed by atoms with E-state index >= 15 is 0 Å².